The Labute approximate surface area is 88.4 Å². The van der Waals surface area contributed by atoms with Gasteiger partial charge in [-0.2, -0.15) is 18.2 Å². The van der Waals surface area contributed by atoms with E-state index < -0.39 is 18.2 Å². The van der Waals surface area contributed by atoms with Gasteiger partial charge in [0.05, 0.1) is 5.38 Å². The molecule has 0 radical (unpaired) electrons. The molecule has 86 valence electrons. The molecule has 0 aromatic carbocycles. The molecular weight excluding hydrogens is 237 g/mol. The smallest absolute Gasteiger partial charge is 0.362 e. The normalized spacial score (nSPS) is 14.2. The summed E-state index contributed by atoms with van der Waals surface area (Å²) in [5.74, 6) is 0.198. The second kappa shape index (κ2) is 4.80. The van der Waals surface area contributed by atoms with Crippen LogP contribution in [-0.4, -0.2) is 22.9 Å². The lowest BCUT2D eigenvalue weighted by Gasteiger charge is -2.04. The summed E-state index contributed by atoms with van der Waals surface area (Å²) in [6.07, 6.45) is -4.36. The number of hydrogen-bond acceptors (Lipinski definition) is 4. The highest BCUT2D eigenvalue weighted by atomic mass is 35.5. The fourth-order valence-corrected chi connectivity index (χ4v) is 0.831. The minimum Gasteiger partial charge on any atom is -0.362 e. The Kier molecular flexibility index (Phi) is 3.92. The molecule has 1 heterocycles. The molecule has 0 bridgehead atoms. The van der Waals surface area contributed by atoms with E-state index in [2.05, 4.69) is 19.4 Å². The lowest BCUT2D eigenvalue weighted by Crippen LogP contribution is -2.16. The van der Waals surface area contributed by atoms with E-state index >= 15 is 0 Å². The second-order valence-corrected chi connectivity index (χ2v) is 3.42. The summed E-state index contributed by atoms with van der Waals surface area (Å²) < 4.78 is 44.0. The number of ether oxygens (including phenoxy) is 1. The first-order valence-corrected chi connectivity index (χ1v) is 4.43. The Morgan fingerprint density at radius 1 is 1.53 bits per heavy atom. The largest absolute Gasteiger partial charge is 0.411 e. The van der Waals surface area contributed by atoms with E-state index in [1.165, 1.54) is 0 Å². The lowest BCUT2D eigenvalue weighted by atomic mass is 10.4. The molecule has 0 saturated heterocycles. The quantitative estimate of drug-likeness (QED) is 0.764. The second-order valence-electron chi connectivity index (χ2n) is 2.77. The van der Waals surface area contributed by atoms with Gasteiger partial charge in [-0.15, -0.1) is 11.6 Å². The van der Waals surface area contributed by atoms with Gasteiger partial charge in [-0.05, 0) is 6.92 Å². The number of rotatable bonds is 4. The summed E-state index contributed by atoms with van der Waals surface area (Å²) in [5, 5.41) is 3.00. The average molecular weight is 245 g/mol. The SMILES string of the molecule is CC(Cl)c1noc(COCC(F)(F)F)n1. The highest BCUT2D eigenvalue weighted by molar-refractivity contribution is 6.20. The van der Waals surface area contributed by atoms with Crippen LogP contribution in [-0.2, 0) is 11.3 Å². The molecule has 15 heavy (non-hydrogen) atoms. The van der Waals surface area contributed by atoms with E-state index in [9.17, 15) is 13.2 Å². The molecule has 0 aliphatic rings. The molecule has 0 aliphatic carbocycles. The molecule has 1 rings (SSSR count). The third-order valence-electron chi connectivity index (χ3n) is 1.33. The topological polar surface area (TPSA) is 48.2 Å². The number of hydrogen-bond donors (Lipinski definition) is 0. The zero-order chi connectivity index (χ0) is 11.5. The summed E-state index contributed by atoms with van der Waals surface area (Å²) >= 11 is 5.62. The average Bonchev–Trinajstić information content (AvgIpc) is 2.50. The molecule has 0 amide bonds. The minimum atomic E-state index is -4.36. The Morgan fingerprint density at radius 2 is 2.20 bits per heavy atom. The number of halogens is 4. The van der Waals surface area contributed by atoms with Crippen molar-refractivity contribution in [1.82, 2.24) is 10.1 Å². The van der Waals surface area contributed by atoms with Gasteiger partial charge < -0.3 is 9.26 Å². The number of aromatic nitrogens is 2. The predicted octanol–water partition coefficient (Wildman–Crippen LogP) is 2.45. The summed E-state index contributed by atoms with van der Waals surface area (Å²) in [5.41, 5.74) is 0. The van der Waals surface area contributed by atoms with E-state index in [-0.39, 0.29) is 18.3 Å². The Hall–Kier alpha value is -0.820. The van der Waals surface area contributed by atoms with Gasteiger partial charge in [0.1, 0.15) is 13.2 Å². The van der Waals surface area contributed by atoms with Crippen molar-refractivity contribution in [2.24, 2.45) is 0 Å². The van der Waals surface area contributed by atoms with E-state index in [0.29, 0.717) is 0 Å². The Balaban J connectivity index is 2.38. The van der Waals surface area contributed by atoms with Gasteiger partial charge in [0.25, 0.3) is 5.89 Å². The molecule has 1 aromatic heterocycles. The van der Waals surface area contributed by atoms with E-state index in [4.69, 9.17) is 11.6 Å². The van der Waals surface area contributed by atoms with Crippen LogP contribution in [0.4, 0.5) is 13.2 Å². The zero-order valence-corrected chi connectivity index (χ0v) is 8.47. The Bertz CT molecular complexity index is 313. The molecule has 1 aromatic rings. The van der Waals surface area contributed by atoms with Gasteiger partial charge in [-0.25, -0.2) is 0 Å². The van der Waals surface area contributed by atoms with Crippen LogP contribution in [0.25, 0.3) is 0 Å². The zero-order valence-electron chi connectivity index (χ0n) is 7.71. The van der Waals surface area contributed by atoms with E-state index in [0.717, 1.165) is 0 Å². The van der Waals surface area contributed by atoms with Crippen LogP contribution >= 0.6 is 11.6 Å². The molecule has 0 aliphatic heterocycles. The molecule has 1 unspecified atom stereocenters. The van der Waals surface area contributed by atoms with Crippen LogP contribution in [0, 0.1) is 0 Å². The highest BCUT2D eigenvalue weighted by Crippen LogP contribution is 2.17. The molecule has 0 spiro atoms. The first-order chi connectivity index (χ1) is 6.88. The van der Waals surface area contributed by atoms with Crippen LogP contribution in [0.5, 0.6) is 0 Å². The van der Waals surface area contributed by atoms with E-state index in [1.807, 2.05) is 0 Å². The summed E-state index contributed by atoms with van der Waals surface area (Å²) in [6, 6.07) is 0. The van der Waals surface area contributed by atoms with Crippen LogP contribution < -0.4 is 0 Å². The molecule has 4 nitrogen and oxygen atoms in total. The van der Waals surface area contributed by atoms with Crippen LogP contribution in [0.2, 0.25) is 0 Å². The van der Waals surface area contributed by atoms with Crippen molar-refractivity contribution in [3.63, 3.8) is 0 Å². The summed E-state index contributed by atoms with van der Waals surface area (Å²) in [4.78, 5) is 3.73. The predicted molar refractivity (Wildman–Crippen MR) is 44.3 cm³/mol. The molecule has 0 N–H and O–H groups in total. The lowest BCUT2D eigenvalue weighted by molar-refractivity contribution is -0.178. The molecule has 0 saturated carbocycles. The third kappa shape index (κ3) is 4.48. The fourth-order valence-electron chi connectivity index (χ4n) is 0.742. The molecule has 1 atom stereocenters. The maximum Gasteiger partial charge on any atom is 0.411 e. The maximum absolute atomic E-state index is 11.7. The summed E-state index contributed by atoms with van der Waals surface area (Å²) in [7, 11) is 0. The molecular formula is C7H8ClF3N2O2. The summed E-state index contributed by atoms with van der Waals surface area (Å²) in [6.45, 7) is -0.107. The number of alkyl halides is 4. The Morgan fingerprint density at radius 3 is 2.67 bits per heavy atom. The van der Waals surface area contributed by atoms with Gasteiger partial charge >= 0.3 is 6.18 Å². The van der Waals surface area contributed by atoms with Gasteiger partial charge in [0.2, 0.25) is 0 Å². The van der Waals surface area contributed by atoms with Crippen molar-refractivity contribution in [2.45, 2.75) is 25.1 Å². The van der Waals surface area contributed by atoms with E-state index in [1.54, 1.807) is 6.92 Å². The maximum atomic E-state index is 11.7. The van der Waals surface area contributed by atoms with Crippen molar-refractivity contribution < 1.29 is 22.4 Å². The highest BCUT2D eigenvalue weighted by Gasteiger charge is 2.27. The standard InChI is InChI=1S/C7H8ClF3N2O2/c1-4(8)6-12-5(15-13-6)2-14-3-7(9,10)11/h4H,2-3H2,1H3. The van der Waals surface area contributed by atoms with Crippen molar-refractivity contribution in [1.29, 1.82) is 0 Å². The van der Waals surface area contributed by atoms with Crippen molar-refractivity contribution >= 4 is 11.6 Å². The van der Waals surface area contributed by atoms with Gasteiger partial charge in [0, 0.05) is 0 Å². The van der Waals surface area contributed by atoms with Gasteiger partial charge in [-0.3, -0.25) is 0 Å². The molecule has 0 fully saturated rings. The van der Waals surface area contributed by atoms with Crippen LogP contribution in [0.1, 0.15) is 24.0 Å². The van der Waals surface area contributed by atoms with Crippen LogP contribution in [0.15, 0.2) is 4.52 Å². The third-order valence-corrected chi connectivity index (χ3v) is 1.53. The minimum absolute atomic E-state index is 0.0262. The van der Waals surface area contributed by atoms with Gasteiger partial charge in [-0.1, -0.05) is 5.16 Å². The van der Waals surface area contributed by atoms with Crippen molar-refractivity contribution in [3.05, 3.63) is 11.7 Å². The monoisotopic (exact) mass is 244 g/mol. The fraction of sp³-hybridized carbons (Fsp3) is 0.714. The van der Waals surface area contributed by atoms with Crippen molar-refractivity contribution in [2.75, 3.05) is 6.61 Å². The van der Waals surface area contributed by atoms with Gasteiger partial charge in [0.15, 0.2) is 5.82 Å². The molecule has 8 heteroatoms. The first-order valence-electron chi connectivity index (χ1n) is 3.99. The van der Waals surface area contributed by atoms with Crippen LogP contribution in [0.3, 0.4) is 0 Å². The number of nitrogens with zero attached hydrogens (tertiary/aromatic N) is 2. The first kappa shape index (κ1) is 12.3. The van der Waals surface area contributed by atoms with Crippen molar-refractivity contribution in [3.8, 4) is 0 Å².